The second-order valence-corrected chi connectivity index (χ2v) is 3.55. The van der Waals surface area contributed by atoms with Gasteiger partial charge in [0.15, 0.2) is 0 Å². The van der Waals surface area contributed by atoms with E-state index in [1.807, 2.05) is 0 Å². The van der Waals surface area contributed by atoms with Crippen LogP contribution in [0.4, 0.5) is 5.95 Å². The van der Waals surface area contributed by atoms with Gasteiger partial charge in [0, 0.05) is 12.6 Å². The highest BCUT2D eigenvalue weighted by Crippen LogP contribution is 2.08. The number of nitrogens with one attached hydrogen (secondary N) is 1. The van der Waals surface area contributed by atoms with E-state index in [-0.39, 0.29) is 11.1 Å². The van der Waals surface area contributed by atoms with Gasteiger partial charge in [-0.2, -0.15) is 10.1 Å². The largest absolute Gasteiger partial charge is 0.478 e. The number of carbonyl (C=O) groups excluding carboxylic acids is 1. The Morgan fingerprint density at radius 1 is 1.33 bits per heavy atom. The highest BCUT2D eigenvalue weighted by Gasteiger charge is 2.11. The van der Waals surface area contributed by atoms with Crippen molar-refractivity contribution in [3.05, 3.63) is 41.7 Å². The Morgan fingerprint density at radius 3 is 2.67 bits per heavy atom. The van der Waals surface area contributed by atoms with Crippen molar-refractivity contribution in [3.8, 4) is 0 Å². The predicted octanol–water partition coefficient (Wildman–Crippen LogP) is 0.766. The molecule has 0 saturated carbocycles. The number of nitrogens with zero attached hydrogens (tertiary/aromatic N) is 3. The number of carbonyl (C=O) groups is 2. The van der Waals surface area contributed by atoms with Crippen molar-refractivity contribution in [1.29, 1.82) is 0 Å². The van der Waals surface area contributed by atoms with Crippen LogP contribution >= 0.6 is 0 Å². The number of benzene rings is 1. The van der Waals surface area contributed by atoms with Crippen LogP contribution in [0.1, 0.15) is 20.7 Å². The molecule has 1 amide bonds. The molecule has 92 valence electrons. The number of aryl methyl sites for hydroxylation is 1. The lowest BCUT2D eigenvalue weighted by Gasteiger charge is -2.04. The molecule has 2 rings (SSSR count). The molecule has 0 aliphatic heterocycles. The van der Waals surface area contributed by atoms with Gasteiger partial charge in [-0.05, 0) is 18.2 Å². The van der Waals surface area contributed by atoms with Gasteiger partial charge in [0.2, 0.25) is 5.95 Å². The van der Waals surface area contributed by atoms with Crippen LogP contribution in [0.15, 0.2) is 30.6 Å². The number of hydrogen-bond acceptors (Lipinski definition) is 4. The second-order valence-electron chi connectivity index (χ2n) is 3.55. The third-order valence-electron chi connectivity index (χ3n) is 2.31. The minimum atomic E-state index is -1.08. The number of carboxylic acid groups (broad SMARTS) is 1. The highest BCUT2D eigenvalue weighted by atomic mass is 16.4. The summed E-state index contributed by atoms with van der Waals surface area (Å²) in [6, 6.07) is 5.75. The Morgan fingerprint density at radius 2 is 2.06 bits per heavy atom. The molecule has 0 spiro atoms. The van der Waals surface area contributed by atoms with Gasteiger partial charge in [-0.15, -0.1) is 0 Å². The van der Waals surface area contributed by atoms with Crippen LogP contribution in [0.3, 0.4) is 0 Å². The standard InChI is InChI=1S/C11H10N4O3/c1-15-11(12-6-13-15)14-9(16)7-3-2-4-8(5-7)10(17)18/h2-6H,1H3,(H,17,18)(H,12,13,14,16). The van der Waals surface area contributed by atoms with Crippen molar-refractivity contribution < 1.29 is 14.7 Å². The number of aromatic nitrogens is 3. The van der Waals surface area contributed by atoms with Crippen molar-refractivity contribution in [2.24, 2.45) is 7.05 Å². The zero-order valence-corrected chi connectivity index (χ0v) is 9.49. The van der Waals surface area contributed by atoms with E-state index in [1.54, 1.807) is 7.05 Å². The summed E-state index contributed by atoms with van der Waals surface area (Å²) in [6.07, 6.45) is 1.31. The second kappa shape index (κ2) is 4.66. The molecule has 7 nitrogen and oxygen atoms in total. The van der Waals surface area contributed by atoms with Crippen LogP contribution in [0.25, 0.3) is 0 Å². The van der Waals surface area contributed by atoms with Gasteiger partial charge >= 0.3 is 5.97 Å². The third-order valence-corrected chi connectivity index (χ3v) is 2.31. The first-order valence-electron chi connectivity index (χ1n) is 5.06. The van der Waals surface area contributed by atoms with Gasteiger partial charge in [-0.25, -0.2) is 9.48 Å². The van der Waals surface area contributed by atoms with Gasteiger partial charge in [0.05, 0.1) is 5.56 Å². The van der Waals surface area contributed by atoms with E-state index in [9.17, 15) is 9.59 Å². The van der Waals surface area contributed by atoms with Crippen LogP contribution in [0.5, 0.6) is 0 Å². The van der Waals surface area contributed by atoms with E-state index in [4.69, 9.17) is 5.11 Å². The highest BCUT2D eigenvalue weighted by molar-refractivity contribution is 6.04. The number of carboxylic acids is 1. The lowest BCUT2D eigenvalue weighted by Crippen LogP contribution is -2.16. The Bertz CT molecular complexity index is 606. The fraction of sp³-hybridized carbons (Fsp3) is 0.0909. The third kappa shape index (κ3) is 2.34. The number of rotatable bonds is 3. The normalized spacial score (nSPS) is 10.1. The van der Waals surface area contributed by atoms with Crippen molar-refractivity contribution in [1.82, 2.24) is 14.8 Å². The molecule has 0 unspecified atom stereocenters. The van der Waals surface area contributed by atoms with Crippen LogP contribution < -0.4 is 5.32 Å². The molecule has 0 fully saturated rings. The topological polar surface area (TPSA) is 97.1 Å². The molecule has 0 aliphatic carbocycles. The maximum Gasteiger partial charge on any atom is 0.335 e. The molecule has 1 aromatic heterocycles. The Balaban J connectivity index is 2.21. The van der Waals surface area contributed by atoms with Gasteiger partial charge in [0.1, 0.15) is 6.33 Å². The maximum atomic E-state index is 11.9. The molecular formula is C11H10N4O3. The first kappa shape index (κ1) is 11.8. The summed E-state index contributed by atoms with van der Waals surface area (Å²) in [4.78, 5) is 26.5. The van der Waals surface area contributed by atoms with Crippen LogP contribution in [0.2, 0.25) is 0 Å². The zero-order valence-electron chi connectivity index (χ0n) is 9.49. The SMILES string of the molecule is Cn1ncnc1NC(=O)c1cccc(C(=O)O)c1. The van der Waals surface area contributed by atoms with E-state index in [0.717, 1.165) is 0 Å². The number of aromatic carboxylic acids is 1. The number of anilines is 1. The average molecular weight is 246 g/mol. The molecule has 0 bridgehead atoms. The summed E-state index contributed by atoms with van der Waals surface area (Å²) in [5.74, 6) is -1.22. The van der Waals surface area contributed by atoms with Gasteiger partial charge in [-0.3, -0.25) is 10.1 Å². The van der Waals surface area contributed by atoms with Gasteiger partial charge in [-0.1, -0.05) is 6.07 Å². The van der Waals surface area contributed by atoms with Crippen LogP contribution in [-0.2, 0) is 7.05 Å². The minimum absolute atomic E-state index is 0.0561. The van der Waals surface area contributed by atoms with Crippen molar-refractivity contribution in [2.75, 3.05) is 5.32 Å². The zero-order chi connectivity index (χ0) is 13.1. The molecule has 0 atom stereocenters. The molecule has 7 heteroatoms. The number of hydrogen-bond donors (Lipinski definition) is 2. The monoisotopic (exact) mass is 246 g/mol. The smallest absolute Gasteiger partial charge is 0.335 e. The van der Waals surface area contributed by atoms with Crippen LogP contribution in [-0.4, -0.2) is 31.7 Å². The Hall–Kier alpha value is -2.70. The summed E-state index contributed by atoms with van der Waals surface area (Å²) < 4.78 is 1.40. The fourth-order valence-corrected chi connectivity index (χ4v) is 1.38. The summed E-state index contributed by atoms with van der Waals surface area (Å²) in [6.45, 7) is 0. The van der Waals surface area contributed by atoms with E-state index < -0.39 is 11.9 Å². The van der Waals surface area contributed by atoms with Crippen molar-refractivity contribution in [3.63, 3.8) is 0 Å². The van der Waals surface area contributed by atoms with Gasteiger partial charge in [0.25, 0.3) is 5.91 Å². The van der Waals surface area contributed by atoms with Crippen LogP contribution in [0, 0.1) is 0 Å². The molecule has 0 aliphatic rings. The summed E-state index contributed by atoms with van der Waals surface area (Å²) in [5, 5.41) is 15.2. The Kier molecular flexibility index (Phi) is 3.05. The van der Waals surface area contributed by atoms with Crippen molar-refractivity contribution in [2.45, 2.75) is 0 Å². The van der Waals surface area contributed by atoms with E-state index in [0.29, 0.717) is 5.95 Å². The van der Waals surface area contributed by atoms with Crippen molar-refractivity contribution >= 4 is 17.8 Å². The first-order valence-corrected chi connectivity index (χ1v) is 5.06. The average Bonchev–Trinajstić information content (AvgIpc) is 2.75. The van der Waals surface area contributed by atoms with E-state index >= 15 is 0 Å². The molecule has 1 heterocycles. The lowest BCUT2D eigenvalue weighted by molar-refractivity contribution is 0.0697. The maximum absolute atomic E-state index is 11.9. The summed E-state index contributed by atoms with van der Waals surface area (Å²) in [7, 11) is 1.64. The molecule has 1 aromatic carbocycles. The lowest BCUT2D eigenvalue weighted by atomic mass is 10.1. The quantitative estimate of drug-likeness (QED) is 0.833. The molecule has 0 radical (unpaired) electrons. The number of amides is 1. The fourth-order valence-electron chi connectivity index (χ4n) is 1.38. The molecule has 0 saturated heterocycles. The summed E-state index contributed by atoms with van der Waals surface area (Å²) >= 11 is 0. The summed E-state index contributed by atoms with van der Waals surface area (Å²) in [5.41, 5.74) is 0.304. The van der Waals surface area contributed by atoms with E-state index in [1.165, 1.54) is 35.3 Å². The predicted molar refractivity (Wildman–Crippen MR) is 62.4 cm³/mol. The minimum Gasteiger partial charge on any atom is -0.478 e. The van der Waals surface area contributed by atoms with E-state index in [2.05, 4.69) is 15.4 Å². The Labute approximate surface area is 102 Å². The van der Waals surface area contributed by atoms with Gasteiger partial charge < -0.3 is 5.11 Å². The molecule has 2 aromatic rings. The first-order chi connectivity index (χ1) is 8.58. The molecule has 2 N–H and O–H groups in total. The molecular weight excluding hydrogens is 236 g/mol. The molecule has 18 heavy (non-hydrogen) atoms.